The summed E-state index contributed by atoms with van der Waals surface area (Å²) < 4.78 is 10.7. The van der Waals surface area contributed by atoms with Crippen molar-refractivity contribution in [1.82, 2.24) is 0 Å². The van der Waals surface area contributed by atoms with Gasteiger partial charge in [-0.2, -0.15) is 0 Å². The molecule has 1 unspecified atom stereocenters. The summed E-state index contributed by atoms with van der Waals surface area (Å²) in [5.74, 6) is -0.223. The predicted octanol–water partition coefficient (Wildman–Crippen LogP) is 9.03. The van der Waals surface area contributed by atoms with Gasteiger partial charge in [0, 0.05) is 25.7 Å². The Morgan fingerprint density at radius 3 is 1.41 bits per heavy atom. The van der Waals surface area contributed by atoms with Crippen molar-refractivity contribution in [3.63, 3.8) is 0 Å². The lowest BCUT2D eigenvalue weighted by atomic mass is 9.89. The lowest BCUT2D eigenvalue weighted by Crippen LogP contribution is -2.10. The second-order valence-corrected chi connectivity index (χ2v) is 11.4. The topological polar surface area (TPSA) is 52.6 Å². The van der Waals surface area contributed by atoms with Crippen LogP contribution in [0.5, 0.6) is 0 Å². The van der Waals surface area contributed by atoms with Crippen LogP contribution in [-0.2, 0) is 19.1 Å². The maximum Gasteiger partial charge on any atom is 0.302 e. The Morgan fingerprint density at radius 1 is 0.477 bits per heavy atom. The molecule has 0 saturated heterocycles. The van der Waals surface area contributed by atoms with Crippen molar-refractivity contribution in [3.8, 4) is 22.3 Å². The maximum absolute atomic E-state index is 11.5. The second kappa shape index (κ2) is 11.5. The van der Waals surface area contributed by atoms with E-state index in [9.17, 15) is 9.59 Å². The molecule has 0 radical (unpaired) electrons. The minimum absolute atomic E-state index is 0.0691. The molecule has 0 amide bonds. The molecule has 2 aliphatic carbocycles. The van der Waals surface area contributed by atoms with Gasteiger partial charge in [-0.25, -0.2) is 0 Å². The van der Waals surface area contributed by atoms with Crippen LogP contribution in [-0.4, -0.2) is 25.2 Å². The van der Waals surface area contributed by atoms with Crippen LogP contribution in [0.1, 0.15) is 47.9 Å². The first-order chi connectivity index (χ1) is 21.5. The number of fused-ring (bicyclic) bond motifs is 11. The van der Waals surface area contributed by atoms with E-state index in [-0.39, 0.29) is 23.8 Å². The molecule has 0 saturated carbocycles. The van der Waals surface area contributed by atoms with Gasteiger partial charge in [-0.05, 0) is 66.1 Å². The number of benzene rings is 6. The smallest absolute Gasteiger partial charge is 0.302 e. The lowest BCUT2D eigenvalue weighted by Gasteiger charge is -2.17. The van der Waals surface area contributed by atoms with E-state index in [1.165, 1.54) is 79.9 Å². The van der Waals surface area contributed by atoms with Gasteiger partial charge in [0.1, 0.15) is 13.2 Å². The van der Waals surface area contributed by atoms with Crippen LogP contribution in [0.2, 0.25) is 0 Å². The lowest BCUT2D eigenvalue weighted by molar-refractivity contribution is -0.142. The Morgan fingerprint density at radius 2 is 0.864 bits per heavy atom. The molecular formula is C40H32O4. The number of carbonyl (C=O) groups is 2. The Hall–Kier alpha value is -5.22. The van der Waals surface area contributed by atoms with Crippen molar-refractivity contribution in [3.05, 3.63) is 144 Å². The highest BCUT2D eigenvalue weighted by Gasteiger charge is 2.33. The van der Waals surface area contributed by atoms with Crippen LogP contribution >= 0.6 is 0 Å². The first-order valence-electron chi connectivity index (χ1n) is 15.0. The van der Waals surface area contributed by atoms with Gasteiger partial charge < -0.3 is 9.47 Å². The van der Waals surface area contributed by atoms with Crippen LogP contribution in [0.4, 0.5) is 0 Å². The van der Waals surface area contributed by atoms with Crippen molar-refractivity contribution in [1.29, 1.82) is 0 Å². The fourth-order valence-corrected chi connectivity index (χ4v) is 7.02. The Bertz CT molecular complexity index is 2010. The summed E-state index contributed by atoms with van der Waals surface area (Å²) in [6, 6.07) is 42.3. The summed E-state index contributed by atoms with van der Waals surface area (Å²) in [6.45, 7) is 3.72. The molecule has 216 valence electrons. The van der Waals surface area contributed by atoms with Crippen molar-refractivity contribution >= 4 is 33.5 Å². The van der Waals surface area contributed by atoms with Crippen molar-refractivity contribution < 1.29 is 19.1 Å². The zero-order valence-corrected chi connectivity index (χ0v) is 24.7. The Kier molecular flexibility index (Phi) is 7.19. The van der Waals surface area contributed by atoms with Gasteiger partial charge in [0.15, 0.2) is 0 Å². The molecule has 8 rings (SSSR count). The van der Waals surface area contributed by atoms with Crippen LogP contribution in [0.3, 0.4) is 0 Å². The van der Waals surface area contributed by atoms with Crippen molar-refractivity contribution in [2.45, 2.75) is 25.7 Å². The van der Waals surface area contributed by atoms with Gasteiger partial charge in [0.05, 0.1) is 0 Å². The summed E-state index contributed by atoms with van der Waals surface area (Å²) in [5.41, 5.74) is 10.1. The van der Waals surface area contributed by atoms with E-state index in [4.69, 9.17) is 9.47 Å². The molecule has 2 aliphatic rings. The molecular weight excluding hydrogens is 544 g/mol. The molecule has 0 spiro atoms. The molecule has 0 aliphatic heterocycles. The third-order valence-corrected chi connectivity index (χ3v) is 8.80. The Labute approximate surface area is 256 Å². The fraction of sp³-hybridized carbons (Fsp3) is 0.150. The van der Waals surface area contributed by atoms with E-state index in [1.807, 2.05) is 24.3 Å². The minimum atomic E-state index is -0.235. The third-order valence-electron chi connectivity index (χ3n) is 8.80. The number of hydrogen-bond acceptors (Lipinski definition) is 4. The maximum atomic E-state index is 11.5. The summed E-state index contributed by atoms with van der Waals surface area (Å²) in [6.07, 6.45) is 0. The fourth-order valence-electron chi connectivity index (χ4n) is 7.02. The molecule has 0 fully saturated rings. The molecule has 4 nitrogen and oxygen atoms in total. The molecule has 0 aromatic heterocycles. The molecule has 0 N–H and O–H groups in total. The monoisotopic (exact) mass is 576 g/mol. The molecule has 6 aromatic rings. The number of carbonyl (C=O) groups excluding carboxylic acids is 2. The number of hydrogen-bond donors (Lipinski definition) is 0. The van der Waals surface area contributed by atoms with Crippen molar-refractivity contribution in [2.24, 2.45) is 0 Å². The first-order valence-corrected chi connectivity index (χ1v) is 15.0. The second-order valence-electron chi connectivity index (χ2n) is 11.4. The first kappa shape index (κ1) is 27.6. The average molecular weight is 577 g/mol. The van der Waals surface area contributed by atoms with Crippen LogP contribution in [0.15, 0.2) is 121 Å². The van der Waals surface area contributed by atoms with E-state index < -0.39 is 0 Å². The normalized spacial score (nSPS) is 14.2. The van der Waals surface area contributed by atoms with E-state index >= 15 is 0 Å². The van der Waals surface area contributed by atoms with E-state index in [0.29, 0.717) is 13.2 Å². The van der Waals surface area contributed by atoms with Crippen LogP contribution in [0.25, 0.3) is 43.8 Å². The molecule has 0 heterocycles. The SMILES string of the molecule is CC(=O)OCC1c2ccccc2-c2c1c1ccccc1c1ccccc21.CC(=O)OCC1c2ccccc2-c2ccccc21. The highest BCUT2D eigenvalue weighted by molar-refractivity contribution is 6.17. The Balaban J connectivity index is 0.000000152. The van der Waals surface area contributed by atoms with Crippen LogP contribution in [0, 0.1) is 0 Å². The molecule has 44 heavy (non-hydrogen) atoms. The quantitative estimate of drug-likeness (QED) is 0.155. The van der Waals surface area contributed by atoms with Gasteiger partial charge in [-0.3, -0.25) is 9.59 Å². The number of rotatable bonds is 4. The standard InChI is InChI=1S/C24H18O2.C16H14O2/c1-15(25)26-14-22-18-10-4-7-13-21(18)23-19-11-5-2-8-16(19)17-9-3-6-12-20(17)24(22)23;1-11(17)18-10-16-14-8-4-2-6-12(14)13-7-3-5-9-15(13)16/h2-13,22H,14H2,1H3;2-9,16H,10H2,1H3. The number of esters is 2. The summed E-state index contributed by atoms with van der Waals surface area (Å²) >= 11 is 0. The van der Waals surface area contributed by atoms with Gasteiger partial charge in [0.25, 0.3) is 0 Å². The van der Waals surface area contributed by atoms with E-state index in [2.05, 4.69) is 97.1 Å². The summed E-state index contributed by atoms with van der Waals surface area (Å²) in [4.78, 5) is 22.5. The largest absolute Gasteiger partial charge is 0.465 e. The molecule has 6 aromatic carbocycles. The van der Waals surface area contributed by atoms with E-state index in [1.54, 1.807) is 0 Å². The van der Waals surface area contributed by atoms with Crippen molar-refractivity contribution in [2.75, 3.05) is 13.2 Å². The zero-order valence-electron chi connectivity index (χ0n) is 24.7. The van der Waals surface area contributed by atoms with Gasteiger partial charge >= 0.3 is 11.9 Å². The number of ether oxygens (including phenoxy) is 2. The van der Waals surface area contributed by atoms with Crippen LogP contribution < -0.4 is 0 Å². The van der Waals surface area contributed by atoms with Gasteiger partial charge in [-0.15, -0.1) is 0 Å². The highest BCUT2D eigenvalue weighted by Crippen LogP contribution is 2.51. The zero-order chi connectivity index (χ0) is 30.2. The third kappa shape index (κ3) is 4.73. The van der Waals surface area contributed by atoms with E-state index in [0.717, 1.165) is 0 Å². The van der Waals surface area contributed by atoms with Gasteiger partial charge in [0.2, 0.25) is 0 Å². The summed E-state index contributed by atoms with van der Waals surface area (Å²) in [7, 11) is 0. The molecule has 4 heteroatoms. The summed E-state index contributed by atoms with van der Waals surface area (Å²) in [5, 5.41) is 5.03. The van der Waals surface area contributed by atoms with Gasteiger partial charge in [-0.1, -0.05) is 121 Å². The molecule has 1 atom stereocenters. The minimum Gasteiger partial charge on any atom is -0.465 e. The predicted molar refractivity (Wildman–Crippen MR) is 176 cm³/mol. The average Bonchev–Trinajstić information content (AvgIpc) is 3.56. The highest BCUT2D eigenvalue weighted by atomic mass is 16.5. The molecule has 0 bridgehead atoms.